The maximum Gasteiger partial charge on any atom is 0.452 e. The number of H-pyrrole nitrogens is 1. The van der Waals surface area contributed by atoms with Crippen molar-refractivity contribution in [2.45, 2.75) is 6.18 Å². The van der Waals surface area contributed by atoms with E-state index in [1.807, 2.05) is 30.3 Å². The van der Waals surface area contributed by atoms with Gasteiger partial charge in [-0.05, 0) is 24.3 Å². The van der Waals surface area contributed by atoms with Gasteiger partial charge < -0.3 is 4.98 Å². The molecule has 22 heavy (non-hydrogen) atoms. The molecule has 110 valence electrons. The van der Waals surface area contributed by atoms with Gasteiger partial charge in [-0.3, -0.25) is 4.40 Å². The van der Waals surface area contributed by atoms with E-state index < -0.39 is 12.0 Å². The van der Waals surface area contributed by atoms with E-state index in [0.29, 0.717) is 5.56 Å². The van der Waals surface area contributed by atoms with Crippen LogP contribution in [0.5, 0.6) is 0 Å². The van der Waals surface area contributed by atoms with Crippen molar-refractivity contribution in [1.29, 1.82) is 0 Å². The zero-order valence-electron chi connectivity index (χ0n) is 11.1. The molecule has 0 fully saturated rings. The van der Waals surface area contributed by atoms with E-state index in [1.54, 1.807) is 6.07 Å². The molecule has 4 nitrogen and oxygen atoms in total. The standard InChI is InChI=1S/C15H9F3N4/c16-15(17,18)14-21-20-13-6-5-10(8-22(13)14)12-7-9-3-1-2-4-11(9)19-12/h1-8,19H. The first kappa shape index (κ1) is 12.9. The second-order valence-corrected chi connectivity index (χ2v) is 4.94. The van der Waals surface area contributed by atoms with E-state index in [4.69, 9.17) is 0 Å². The van der Waals surface area contributed by atoms with E-state index in [-0.39, 0.29) is 5.65 Å². The highest BCUT2D eigenvalue weighted by atomic mass is 19.4. The molecule has 7 heteroatoms. The number of aromatic nitrogens is 4. The summed E-state index contributed by atoms with van der Waals surface area (Å²) in [5.74, 6) is -1.03. The van der Waals surface area contributed by atoms with Gasteiger partial charge in [0.15, 0.2) is 5.65 Å². The van der Waals surface area contributed by atoms with E-state index in [1.165, 1.54) is 12.3 Å². The summed E-state index contributed by atoms with van der Waals surface area (Å²) in [7, 11) is 0. The number of aromatic amines is 1. The lowest BCUT2D eigenvalue weighted by atomic mass is 10.2. The topological polar surface area (TPSA) is 46.0 Å². The first-order valence-corrected chi connectivity index (χ1v) is 6.52. The van der Waals surface area contributed by atoms with Gasteiger partial charge in [0.2, 0.25) is 5.82 Å². The Morgan fingerprint density at radius 2 is 1.82 bits per heavy atom. The molecule has 0 aliphatic heterocycles. The van der Waals surface area contributed by atoms with Crippen LogP contribution in [0.4, 0.5) is 13.2 Å². The number of hydrogen-bond donors (Lipinski definition) is 1. The van der Waals surface area contributed by atoms with Crippen LogP contribution >= 0.6 is 0 Å². The number of fused-ring (bicyclic) bond motifs is 2. The van der Waals surface area contributed by atoms with Gasteiger partial charge in [0, 0.05) is 28.4 Å². The Bertz CT molecular complexity index is 948. The van der Waals surface area contributed by atoms with Crippen molar-refractivity contribution in [3.63, 3.8) is 0 Å². The van der Waals surface area contributed by atoms with Crippen LogP contribution in [-0.4, -0.2) is 19.6 Å². The van der Waals surface area contributed by atoms with Crippen LogP contribution in [0.25, 0.3) is 27.8 Å². The second-order valence-electron chi connectivity index (χ2n) is 4.94. The molecule has 4 aromatic rings. The summed E-state index contributed by atoms with van der Waals surface area (Å²) in [4.78, 5) is 3.19. The monoisotopic (exact) mass is 302 g/mol. The fraction of sp³-hybridized carbons (Fsp3) is 0.0667. The molecule has 0 atom stereocenters. The van der Waals surface area contributed by atoms with Crippen molar-refractivity contribution < 1.29 is 13.2 Å². The Kier molecular flexibility index (Phi) is 2.53. The molecule has 0 unspecified atom stereocenters. The van der Waals surface area contributed by atoms with Crippen LogP contribution in [-0.2, 0) is 6.18 Å². The van der Waals surface area contributed by atoms with Gasteiger partial charge in [-0.25, -0.2) is 0 Å². The number of benzene rings is 1. The normalized spacial score (nSPS) is 12.3. The minimum atomic E-state index is -4.54. The van der Waals surface area contributed by atoms with Gasteiger partial charge in [0.1, 0.15) is 0 Å². The molecular weight excluding hydrogens is 293 g/mol. The molecule has 4 rings (SSSR count). The number of alkyl halides is 3. The first-order valence-electron chi connectivity index (χ1n) is 6.52. The number of pyridine rings is 1. The maximum atomic E-state index is 12.9. The third-order valence-electron chi connectivity index (χ3n) is 3.50. The van der Waals surface area contributed by atoms with Crippen molar-refractivity contribution in [2.24, 2.45) is 0 Å². The lowest BCUT2D eigenvalue weighted by Gasteiger charge is -2.05. The lowest BCUT2D eigenvalue weighted by Crippen LogP contribution is -2.10. The van der Waals surface area contributed by atoms with E-state index >= 15 is 0 Å². The van der Waals surface area contributed by atoms with Gasteiger partial charge in [0.05, 0.1) is 0 Å². The number of rotatable bonds is 1. The smallest absolute Gasteiger partial charge is 0.354 e. The molecule has 0 saturated heterocycles. The molecule has 1 aromatic carbocycles. The van der Waals surface area contributed by atoms with Gasteiger partial charge in [-0.2, -0.15) is 13.2 Å². The van der Waals surface area contributed by atoms with Crippen LogP contribution in [0.1, 0.15) is 5.82 Å². The molecule has 0 amide bonds. The van der Waals surface area contributed by atoms with Crippen molar-refractivity contribution in [2.75, 3.05) is 0 Å². The summed E-state index contributed by atoms with van der Waals surface area (Å²) in [6, 6.07) is 12.8. The molecule has 0 aliphatic rings. The van der Waals surface area contributed by atoms with Gasteiger partial charge in [-0.15, -0.1) is 10.2 Å². The zero-order valence-corrected chi connectivity index (χ0v) is 11.1. The highest BCUT2D eigenvalue weighted by molar-refractivity contribution is 5.85. The Morgan fingerprint density at radius 3 is 2.59 bits per heavy atom. The summed E-state index contributed by atoms with van der Waals surface area (Å²) in [5, 5.41) is 7.76. The Balaban J connectivity index is 1.91. The largest absolute Gasteiger partial charge is 0.452 e. The summed E-state index contributed by atoms with van der Waals surface area (Å²) < 4.78 is 39.7. The van der Waals surface area contributed by atoms with Crippen LogP contribution in [0.2, 0.25) is 0 Å². The van der Waals surface area contributed by atoms with E-state index in [0.717, 1.165) is 21.0 Å². The SMILES string of the molecule is FC(F)(F)c1nnc2ccc(-c3cc4ccccc4[nH]3)cn12. The number of hydrogen-bond acceptors (Lipinski definition) is 2. The predicted molar refractivity (Wildman–Crippen MR) is 75.3 cm³/mol. The summed E-state index contributed by atoms with van der Waals surface area (Å²) in [6.45, 7) is 0. The summed E-state index contributed by atoms with van der Waals surface area (Å²) >= 11 is 0. The van der Waals surface area contributed by atoms with Crippen molar-refractivity contribution in [1.82, 2.24) is 19.6 Å². The molecular formula is C15H9F3N4. The highest BCUT2D eigenvalue weighted by Gasteiger charge is 2.36. The molecule has 0 saturated carbocycles. The number of halogens is 3. The highest BCUT2D eigenvalue weighted by Crippen LogP contribution is 2.30. The van der Waals surface area contributed by atoms with Crippen LogP contribution in [0.15, 0.2) is 48.7 Å². The van der Waals surface area contributed by atoms with Crippen molar-refractivity contribution in [3.05, 3.63) is 54.5 Å². The van der Waals surface area contributed by atoms with Crippen LogP contribution < -0.4 is 0 Å². The fourth-order valence-electron chi connectivity index (χ4n) is 2.47. The Labute approximate surface area is 122 Å². The second kappa shape index (κ2) is 4.33. The van der Waals surface area contributed by atoms with Crippen LogP contribution in [0, 0.1) is 0 Å². The lowest BCUT2D eigenvalue weighted by molar-refractivity contribution is -0.145. The van der Waals surface area contributed by atoms with Crippen LogP contribution in [0.3, 0.4) is 0 Å². The van der Waals surface area contributed by atoms with Gasteiger partial charge >= 0.3 is 6.18 Å². The third-order valence-corrected chi connectivity index (χ3v) is 3.50. The average molecular weight is 302 g/mol. The molecule has 0 bridgehead atoms. The van der Waals surface area contributed by atoms with Gasteiger partial charge in [-0.1, -0.05) is 18.2 Å². The molecule has 3 aromatic heterocycles. The van der Waals surface area contributed by atoms with Crippen molar-refractivity contribution in [3.8, 4) is 11.3 Å². The average Bonchev–Trinajstić information content (AvgIpc) is 3.09. The fourth-order valence-corrected chi connectivity index (χ4v) is 2.47. The number of nitrogens with one attached hydrogen (secondary N) is 1. The first-order chi connectivity index (χ1) is 10.5. The third kappa shape index (κ3) is 1.93. The minimum Gasteiger partial charge on any atom is -0.354 e. The summed E-state index contributed by atoms with van der Waals surface area (Å²) in [5.41, 5.74) is 2.46. The quantitative estimate of drug-likeness (QED) is 0.579. The Hall–Kier alpha value is -2.83. The van der Waals surface area contributed by atoms with Gasteiger partial charge in [0.25, 0.3) is 0 Å². The van der Waals surface area contributed by atoms with Crippen molar-refractivity contribution >= 4 is 16.6 Å². The minimum absolute atomic E-state index is 0.159. The number of para-hydroxylation sites is 1. The zero-order chi connectivity index (χ0) is 15.3. The molecule has 1 N–H and O–H groups in total. The maximum absolute atomic E-state index is 12.9. The molecule has 0 aliphatic carbocycles. The number of nitrogens with zero attached hydrogens (tertiary/aromatic N) is 3. The summed E-state index contributed by atoms with van der Waals surface area (Å²) in [6.07, 6.45) is -3.15. The van der Waals surface area contributed by atoms with E-state index in [2.05, 4.69) is 15.2 Å². The van der Waals surface area contributed by atoms with E-state index in [9.17, 15) is 13.2 Å². The molecule has 3 heterocycles. The Morgan fingerprint density at radius 1 is 1.00 bits per heavy atom. The molecule has 0 spiro atoms. The predicted octanol–water partition coefficient (Wildman–Crippen LogP) is 3.90. The molecule has 0 radical (unpaired) electrons.